The van der Waals surface area contributed by atoms with Gasteiger partial charge in [-0.05, 0) is 31.6 Å². The second-order valence-corrected chi connectivity index (χ2v) is 9.73. The summed E-state index contributed by atoms with van der Waals surface area (Å²) in [6.45, 7) is 1.48. The number of sulfone groups is 1. The number of carbonyl (C=O) groups excluding carboxylic acids is 2. The molecule has 1 aliphatic heterocycles. The van der Waals surface area contributed by atoms with Gasteiger partial charge < -0.3 is 9.64 Å². The molecule has 1 fully saturated rings. The van der Waals surface area contributed by atoms with E-state index in [2.05, 4.69) is 4.98 Å². The molecule has 1 aromatic carbocycles. The van der Waals surface area contributed by atoms with Crippen LogP contribution in [0.25, 0.3) is 16.3 Å². The maximum atomic E-state index is 12.4. The van der Waals surface area contributed by atoms with E-state index in [0.717, 1.165) is 10.2 Å². The molecule has 1 amide bonds. The molecule has 0 saturated carbocycles. The highest BCUT2D eigenvalue weighted by molar-refractivity contribution is 7.91. The summed E-state index contributed by atoms with van der Waals surface area (Å²) in [7, 11) is -1.55. The fourth-order valence-corrected chi connectivity index (χ4v) is 5.56. The maximum absolute atomic E-state index is 12.4. The van der Waals surface area contributed by atoms with Crippen molar-refractivity contribution in [2.45, 2.75) is 25.5 Å². The Kier molecular flexibility index (Phi) is 5.61. The number of benzene rings is 1. The van der Waals surface area contributed by atoms with Gasteiger partial charge in [-0.15, -0.1) is 11.3 Å². The lowest BCUT2D eigenvalue weighted by atomic mass is 10.2. The van der Waals surface area contributed by atoms with Crippen molar-refractivity contribution in [3.05, 3.63) is 35.3 Å². The Morgan fingerprint density at radius 2 is 2.11 bits per heavy atom. The van der Waals surface area contributed by atoms with Crippen molar-refractivity contribution in [3.63, 3.8) is 0 Å². The van der Waals surface area contributed by atoms with Gasteiger partial charge >= 0.3 is 5.97 Å². The molecule has 27 heavy (non-hydrogen) atoms. The molecule has 9 heteroatoms. The zero-order valence-corrected chi connectivity index (χ0v) is 16.6. The van der Waals surface area contributed by atoms with Gasteiger partial charge in [0, 0.05) is 19.2 Å². The van der Waals surface area contributed by atoms with Gasteiger partial charge in [0.1, 0.15) is 5.01 Å². The SMILES string of the molecule is C[C@H](OC(=O)/C=C/c1nc2ccccc2s1)C(=O)N(C)[C@H]1CCS(=O)(=O)C1. The summed E-state index contributed by atoms with van der Waals surface area (Å²) in [5.41, 5.74) is 0.854. The summed E-state index contributed by atoms with van der Waals surface area (Å²) in [6, 6.07) is 7.27. The summed E-state index contributed by atoms with van der Waals surface area (Å²) in [4.78, 5) is 30.1. The van der Waals surface area contributed by atoms with Crippen LogP contribution in [-0.2, 0) is 24.2 Å². The first-order chi connectivity index (χ1) is 12.7. The van der Waals surface area contributed by atoms with Gasteiger partial charge in [0.05, 0.1) is 21.7 Å². The van der Waals surface area contributed by atoms with Gasteiger partial charge in [0.2, 0.25) is 0 Å². The van der Waals surface area contributed by atoms with Crippen LogP contribution in [0.4, 0.5) is 0 Å². The van der Waals surface area contributed by atoms with Crippen molar-refractivity contribution in [1.82, 2.24) is 9.88 Å². The molecule has 3 rings (SSSR count). The van der Waals surface area contributed by atoms with E-state index in [1.165, 1.54) is 36.3 Å². The van der Waals surface area contributed by atoms with Crippen molar-refractivity contribution in [3.8, 4) is 0 Å². The molecular weight excluding hydrogens is 388 g/mol. The van der Waals surface area contributed by atoms with Gasteiger partial charge in [-0.1, -0.05) is 12.1 Å². The van der Waals surface area contributed by atoms with Gasteiger partial charge in [0.25, 0.3) is 5.91 Å². The van der Waals surface area contributed by atoms with Crippen LogP contribution in [0.3, 0.4) is 0 Å². The van der Waals surface area contributed by atoms with E-state index in [9.17, 15) is 18.0 Å². The average molecular weight is 409 g/mol. The minimum Gasteiger partial charge on any atom is -0.449 e. The standard InChI is InChI=1S/C18H20N2O5S2/c1-12(18(22)20(2)13-9-10-27(23,24)11-13)25-17(21)8-7-16-19-14-5-3-4-6-15(14)26-16/h3-8,12-13H,9-11H2,1-2H3/b8-7+/t12-,13-/m0/s1. The highest BCUT2D eigenvalue weighted by atomic mass is 32.2. The molecule has 144 valence electrons. The van der Waals surface area contributed by atoms with Crippen molar-refractivity contribution >= 4 is 49.3 Å². The van der Waals surface area contributed by atoms with E-state index in [0.29, 0.717) is 11.4 Å². The van der Waals surface area contributed by atoms with Gasteiger partial charge in [0.15, 0.2) is 15.9 Å². The van der Waals surface area contributed by atoms with Gasteiger partial charge in [-0.2, -0.15) is 0 Å². The summed E-state index contributed by atoms with van der Waals surface area (Å²) >= 11 is 1.45. The monoisotopic (exact) mass is 408 g/mol. The van der Waals surface area contributed by atoms with Crippen molar-refractivity contribution in [2.75, 3.05) is 18.6 Å². The lowest BCUT2D eigenvalue weighted by molar-refractivity contribution is -0.155. The molecule has 1 aromatic heterocycles. The van der Waals surface area contributed by atoms with Crippen molar-refractivity contribution in [1.29, 1.82) is 0 Å². The Labute approximate surface area is 161 Å². The highest BCUT2D eigenvalue weighted by Crippen LogP contribution is 2.22. The quantitative estimate of drug-likeness (QED) is 0.554. The number of fused-ring (bicyclic) bond motifs is 1. The predicted octanol–water partition coefficient (Wildman–Crippen LogP) is 1.89. The minimum atomic E-state index is -3.09. The Hall–Kier alpha value is -2.26. The van der Waals surface area contributed by atoms with E-state index in [-0.39, 0.29) is 17.5 Å². The summed E-state index contributed by atoms with van der Waals surface area (Å²) in [6.07, 6.45) is 2.20. The smallest absolute Gasteiger partial charge is 0.331 e. The van der Waals surface area contributed by atoms with E-state index < -0.39 is 27.8 Å². The number of rotatable bonds is 5. The number of thiazole rings is 1. The molecule has 1 saturated heterocycles. The number of amides is 1. The van der Waals surface area contributed by atoms with Gasteiger partial charge in [-0.3, -0.25) is 4.79 Å². The summed E-state index contributed by atoms with van der Waals surface area (Å²) < 4.78 is 29.3. The average Bonchev–Trinajstić information content (AvgIpc) is 3.21. The third-order valence-corrected chi connectivity index (χ3v) is 7.17. The Balaban J connectivity index is 1.57. The van der Waals surface area contributed by atoms with Crippen LogP contribution in [0.15, 0.2) is 30.3 Å². The first kappa shape index (κ1) is 19.5. The fraction of sp³-hybridized carbons (Fsp3) is 0.389. The molecule has 0 unspecified atom stereocenters. The molecule has 1 aliphatic rings. The number of para-hydroxylation sites is 1. The Bertz CT molecular complexity index is 963. The second kappa shape index (κ2) is 7.77. The first-order valence-corrected chi connectivity index (χ1v) is 11.1. The van der Waals surface area contributed by atoms with E-state index in [1.54, 1.807) is 6.08 Å². The summed E-state index contributed by atoms with van der Waals surface area (Å²) in [5.74, 6) is -1.04. The fourth-order valence-electron chi connectivity index (χ4n) is 2.91. The van der Waals surface area contributed by atoms with Crippen molar-refractivity contribution in [2.24, 2.45) is 0 Å². The third-order valence-electron chi connectivity index (χ3n) is 4.42. The normalized spacial score (nSPS) is 20.0. The minimum absolute atomic E-state index is 0.0482. The molecular formula is C18H20N2O5S2. The zero-order chi connectivity index (χ0) is 19.6. The third kappa shape index (κ3) is 4.72. The zero-order valence-electron chi connectivity index (χ0n) is 15.0. The lowest BCUT2D eigenvalue weighted by Gasteiger charge is -2.26. The Morgan fingerprint density at radius 1 is 1.37 bits per heavy atom. The number of ether oxygens (including phenoxy) is 1. The van der Waals surface area contributed by atoms with Crippen LogP contribution >= 0.6 is 11.3 Å². The molecule has 2 aromatic rings. The number of esters is 1. The Morgan fingerprint density at radius 3 is 2.78 bits per heavy atom. The maximum Gasteiger partial charge on any atom is 0.331 e. The summed E-state index contributed by atoms with van der Waals surface area (Å²) in [5, 5.41) is 0.667. The van der Waals surface area contributed by atoms with Crippen LogP contribution in [0.2, 0.25) is 0 Å². The molecule has 0 spiro atoms. The van der Waals surface area contributed by atoms with Crippen LogP contribution in [0.1, 0.15) is 18.4 Å². The van der Waals surface area contributed by atoms with Crippen molar-refractivity contribution < 1.29 is 22.7 Å². The number of aromatic nitrogens is 1. The molecule has 2 atom stereocenters. The number of carbonyl (C=O) groups is 2. The van der Waals surface area contributed by atoms with Gasteiger partial charge in [-0.25, -0.2) is 18.2 Å². The largest absolute Gasteiger partial charge is 0.449 e. The van der Waals surface area contributed by atoms with Crippen LogP contribution in [-0.4, -0.2) is 60.9 Å². The number of hydrogen-bond donors (Lipinski definition) is 0. The predicted molar refractivity (Wildman–Crippen MR) is 104 cm³/mol. The van der Waals surface area contributed by atoms with E-state index in [1.807, 2.05) is 24.3 Å². The number of hydrogen-bond acceptors (Lipinski definition) is 7. The second-order valence-electron chi connectivity index (χ2n) is 6.44. The van der Waals surface area contributed by atoms with E-state index in [4.69, 9.17) is 4.74 Å². The van der Waals surface area contributed by atoms with Crippen LogP contribution in [0, 0.1) is 0 Å². The molecule has 0 aliphatic carbocycles. The topological polar surface area (TPSA) is 93.6 Å². The molecule has 0 bridgehead atoms. The molecule has 2 heterocycles. The van der Waals surface area contributed by atoms with Crippen LogP contribution < -0.4 is 0 Å². The molecule has 0 radical (unpaired) electrons. The molecule has 0 N–H and O–H groups in total. The van der Waals surface area contributed by atoms with E-state index >= 15 is 0 Å². The first-order valence-electron chi connectivity index (χ1n) is 8.46. The number of nitrogens with zero attached hydrogens (tertiary/aromatic N) is 2. The highest BCUT2D eigenvalue weighted by Gasteiger charge is 2.34. The molecule has 7 nitrogen and oxygen atoms in total. The number of likely N-dealkylation sites (N-methyl/N-ethyl adjacent to an activating group) is 1. The lowest BCUT2D eigenvalue weighted by Crippen LogP contribution is -2.44. The van der Waals surface area contributed by atoms with Crippen LogP contribution in [0.5, 0.6) is 0 Å².